The first kappa shape index (κ1) is 13.5. The van der Waals surface area contributed by atoms with Crippen LogP contribution >= 0.6 is 0 Å². The highest BCUT2D eigenvalue weighted by molar-refractivity contribution is 5.31. The van der Waals surface area contributed by atoms with Crippen molar-refractivity contribution >= 4 is 0 Å². The fourth-order valence-corrected chi connectivity index (χ4v) is 1.68. The number of aliphatic hydroxyl groups excluding tert-OH is 1. The Kier molecular flexibility index (Phi) is 4.47. The third-order valence-electron chi connectivity index (χ3n) is 2.75. The van der Waals surface area contributed by atoms with Crippen LogP contribution in [0.5, 0.6) is 5.75 Å². The lowest BCUT2D eigenvalue weighted by Gasteiger charge is -2.11. The van der Waals surface area contributed by atoms with Gasteiger partial charge in [-0.2, -0.15) is 0 Å². The van der Waals surface area contributed by atoms with Crippen molar-refractivity contribution in [2.45, 2.75) is 26.4 Å². The van der Waals surface area contributed by atoms with Crippen LogP contribution in [-0.2, 0) is 0 Å². The third-order valence-corrected chi connectivity index (χ3v) is 2.75. The molecular weight excluding hydrogens is 240 g/mol. The lowest BCUT2D eigenvalue weighted by Crippen LogP contribution is -2.03. The van der Waals surface area contributed by atoms with E-state index in [9.17, 15) is 5.11 Å². The summed E-state index contributed by atoms with van der Waals surface area (Å²) in [6.07, 6.45) is 3.47. The number of benzene rings is 1. The molecule has 0 saturated carbocycles. The molecule has 100 valence electrons. The van der Waals surface area contributed by atoms with Gasteiger partial charge in [0.1, 0.15) is 11.9 Å². The van der Waals surface area contributed by atoms with Crippen molar-refractivity contribution in [1.82, 2.24) is 9.97 Å². The van der Waals surface area contributed by atoms with Crippen molar-refractivity contribution in [2.24, 2.45) is 0 Å². The molecule has 2 aromatic rings. The van der Waals surface area contributed by atoms with Crippen molar-refractivity contribution in [1.29, 1.82) is 0 Å². The summed E-state index contributed by atoms with van der Waals surface area (Å²) in [6.45, 7) is 4.63. The van der Waals surface area contributed by atoms with Gasteiger partial charge in [0.15, 0.2) is 0 Å². The second-order valence-corrected chi connectivity index (χ2v) is 4.40. The van der Waals surface area contributed by atoms with Gasteiger partial charge < -0.3 is 9.84 Å². The van der Waals surface area contributed by atoms with Gasteiger partial charge >= 0.3 is 0 Å². The van der Waals surface area contributed by atoms with Gasteiger partial charge in [-0.05, 0) is 31.0 Å². The molecule has 1 N–H and O–H groups in total. The summed E-state index contributed by atoms with van der Waals surface area (Å²) in [6, 6.07) is 7.40. The molecule has 4 nitrogen and oxygen atoms in total. The van der Waals surface area contributed by atoms with Crippen LogP contribution < -0.4 is 4.74 Å². The molecule has 0 aliphatic rings. The van der Waals surface area contributed by atoms with Gasteiger partial charge in [0.25, 0.3) is 0 Å². The van der Waals surface area contributed by atoms with Crippen molar-refractivity contribution in [3.05, 3.63) is 53.6 Å². The number of hydrogen-bond acceptors (Lipinski definition) is 4. The van der Waals surface area contributed by atoms with Gasteiger partial charge in [-0.15, -0.1) is 0 Å². The van der Waals surface area contributed by atoms with Crippen LogP contribution in [0, 0.1) is 6.92 Å². The summed E-state index contributed by atoms with van der Waals surface area (Å²) < 4.78 is 5.50. The topological polar surface area (TPSA) is 55.2 Å². The molecule has 1 heterocycles. The molecule has 0 radical (unpaired) electrons. The predicted molar refractivity (Wildman–Crippen MR) is 73.1 cm³/mol. The zero-order valence-corrected chi connectivity index (χ0v) is 11.2. The molecule has 0 fully saturated rings. The number of ether oxygens (including phenoxy) is 1. The van der Waals surface area contributed by atoms with E-state index in [1.54, 1.807) is 12.4 Å². The maximum absolute atomic E-state index is 10.2. The highest BCUT2D eigenvalue weighted by Crippen LogP contribution is 2.22. The van der Waals surface area contributed by atoms with Gasteiger partial charge in [0, 0.05) is 6.20 Å². The Hall–Kier alpha value is -1.94. The van der Waals surface area contributed by atoms with E-state index in [0.717, 1.165) is 23.4 Å². The quantitative estimate of drug-likeness (QED) is 0.895. The summed E-state index contributed by atoms with van der Waals surface area (Å²) in [5.41, 5.74) is 2.16. The standard InChI is InChI=1S/C15H18N2O2/c1-3-8-19-13-6-4-12(5-7-13)15(18)14-10-16-11(2)9-17-14/h4-7,9-10,15,18H,3,8H2,1-2H3. The van der Waals surface area contributed by atoms with Crippen LogP contribution in [0.4, 0.5) is 0 Å². The lowest BCUT2D eigenvalue weighted by molar-refractivity contribution is 0.214. The second kappa shape index (κ2) is 6.29. The van der Waals surface area contributed by atoms with Crippen molar-refractivity contribution in [3.8, 4) is 5.75 Å². The molecule has 1 aromatic carbocycles. The summed E-state index contributed by atoms with van der Waals surface area (Å²) in [7, 11) is 0. The average Bonchev–Trinajstić information content (AvgIpc) is 2.46. The van der Waals surface area contributed by atoms with E-state index >= 15 is 0 Å². The van der Waals surface area contributed by atoms with Crippen molar-refractivity contribution in [3.63, 3.8) is 0 Å². The highest BCUT2D eigenvalue weighted by atomic mass is 16.5. The Balaban J connectivity index is 2.10. The molecule has 1 atom stereocenters. The Bertz CT molecular complexity index is 509. The van der Waals surface area contributed by atoms with Gasteiger partial charge in [-0.3, -0.25) is 9.97 Å². The Morgan fingerprint density at radius 1 is 1.16 bits per heavy atom. The minimum atomic E-state index is -0.756. The third kappa shape index (κ3) is 3.51. The van der Waals surface area contributed by atoms with Gasteiger partial charge in [-0.1, -0.05) is 19.1 Å². The molecule has 19 heavy (non-hydrogen) atoms. The molecule has 0 amide bonds. The summed E-state index contributed by atoms with van der Waals surface area (Å²) in [5, 5.41) is 10.2. The molecule has 0 bridgehead atoms. The van der Waals surface area contributed by atoms with E-state index in [1.807, 2.05) is 31.2 Å². The maximum atomic E-state index is 10.2. The Labute approximate surface area is 113 Å². The van der Waals surface area contributed by atoms with E-state index in [1.165, 1.54) is 0 Å². The lowest BCUT2D eigenvalue weighted by atomic mass is 10.1. The molecular formula is C15H18N2O2. The number of aryl methyl sites for hydroxylation is 1. The van der Waals surface area contributed by atoms with E-state index in [0.29, 0.717) is 12.3 Å². The summed E-state index contributed by atoms with van der Waals surface area (Å²) >= 11 is 0. The normalized spacial score (nSPS) is 12.2. The maximum Gasteiger partial charge on any atom is 0.123 e. The first-order valence-electron chi connectivity index (χ1n) is 6.40. The van der Waals surface area contributed by atoms with Crippen LogP contribution in [0.2, 0.25) is 0 Å². The zero-order chi connectivity index (χ0) is 13.7. The molecule has 1 aromatic heterocycles. The first-order chi connectivity index (χ1) is 9.20. The fourth-order valence-electron chi connectivity index (χ4n) is 1.68. The number of aliphatic hydroxyl groups is 1. The van der Waals surface area contributed by atoms with Gasteiger partial charge in [0.05, 0.1) is 24.2 Å². The van der Waals surface area contributed by atoms with E-state index < -0.39 is 6.10 Å². The van der Waals surface area contributed by atoms with Crippen LogP contribution in [0.25, 0.3) is 0 Å². The monoisotopic (exact) mass is 258 g/mol. The number of rotatable bonds is 5. The number of hydrogen-bond donors (Lipinski definition) is 1. The first-order valence-corrected chi connectivity index (χ1v) is 6.40. The smallest absolute Gasteiger partial charge is 0.123 e. The average molecular weight is 258 g/mol. The molecule has 1 unspecified atom stereocenters. The summed E-state index contributed by atoms with van der Waals surface area (Å²) in [4.78, 5) is 8.32. The largest absolute Gasteiger partial charge is 0.494 e. The Morgan fingerprint density at radius 3 is 2.47 bits per heavy atom. The van der Waals surface area contributed by atoms with Crippen LogP contribution in [0.1, 0.15) is 36.4 Å². The van der Waals surface area contributed by atoms with Crippen LogP contribution in [0.15, 0.2) is 36.7 Å². The minimum Gasteiger partial charge on any atom is -0.494 e. The number of aromatic nitrogens is 2. The van der Waals surface area contributed by atoms with Crippen molar-refractivity contribution in [2.75, 3.05) is 6.61 Å². The van der Waals surface area contributed by atoms with Gasteiger partial charge in [0.2, 0.25) is 0 Å². The van der Waals surface area contributed by atoms with Crippen LogP contribution in [0.3, 0.4) is 0 Å². The highest BCUT2D eigenvalue weighted by Gasteiger charge is 2.12. The Morgan fingerprint density at radius 2 is 1.89 bits per heavy atom. The van der Waals surface area contributed by atoms with Crippen LogP contribution in [-0.4, -0.2) is 21.7 Å². The molecule has 0 saturated heterocycles. The SMILES string of the molecule is CCCOc1ccc(C(O)c2cnc(C)cn2)cc1. The minimum absolute atomic E-state index is 0.549. The molecule has 4 heteroatoms. The molecule has 0 spiro atoms. The molecule has 0 aliphatic carbocycles. The molecule has 2 rings (SSSR count). The second-order valence-electron chi connectivity index (χ2n) is 4.40. The van der Waals surface area contributed by atoms with E-state index in [2.05, 4.69) is 16.9 Å². The predicted octanol–water partition coefficient (Wildman–Crippen LogP) is 2.66. The van der Waals surface area contributed by atoms with E-state index in [4.69, 9.17) is 4.74 Å². The zero-order valence-electron chi connectivity index (χ0n) is 11.2. The molecule has 0 aliphatic heterocycles. The van der Waals surface area contributed by atoms with Gasteiger partial charge in [-0.25, -0.2) is 0 Å². The summed E-state index contributed by atoms with van der Waals surface area (Å²) in [5.74, 6) is 0.813. The fraction of sp³-hybridized carbons (Fsp3) is 0.333. The van der Waals surface area contributed by atoms with E-state index in [-0.39, 0.29) is 0 Å². The number of nitrogens with zero attached hydrogens (tertiary/aromatic N) is 2. The van der Waals surface area contributed by atoms with Crippen molar-refractivity contribution < 1.29 is 9.84 Å².